The van der Waals surface area contributed by atoms with Crippen molar-refractivity contribution in [2.24, 2.45) is 0 Å². The van der Waals surface area contributed by atoms with Gasteiger partial charge in [0, 0.05) is 44.0 Å². The van der Waals surface area contributed by atoms with Gasteiger partial charge in [-0.15, -0.1) is 0 Å². The number of hydrogen-bond donors (Lipinski definition) is 1. The van der Waals surface area contributed by atoms with Gasteiger partial charge in [-0.3, -0.25) is 0 Å². The summed E-state index contributed by atoms with van der Waals surface area (Å²) < 4.78 is 52.3. The molecule has 1 N–H and O–H groups in total. The topological polar surface area (TPSA) is 130 Å². The summed E-state index contributed by atoms with van der Waals surface area (Å²) in [6, 6.07) is 3.58. The van der Waals surface area contributed by atoms with E-state index in [2.05, 4.69) is 4.98 Å². The number of likely N-dealkylation sites (tertiary alicyclic amines) is 1. The number of nitrogens with zero attached hydrogens (tertiary/aromatic N) is 4. The summed E-state index contributed by atoms with van der Waals surface area (Å²) >= 11 is 0. The van der Waals surface area contributed by atoms with E-state index in [1.54, 1.807) is 18.5 Å². The van der Waals surface area contributed by atoms with E-state index in [-0.39, 0.29) is 19.0 Å². The number of aromatic nitrogens is 2. The third-order valence-electron chi connectivity index (χ3n) is 5.71. The van der Waals surface area contributed by atoms with Crippen LogP contribution in [0.5, 0.6) is 0 Å². The molecule has 0 atom stereocenters. The summed E-state index contributed by atoms with van der Waals surface area (Å²) in [7, 11) is -7.05. The van der Waals surface area contributed by atoms with Gasteiger partial charge in [0.1, 0.15) is 5.25 Å². The molecule has 0 spiro atoms. The van der Waals surface area contributed by atoms with Crippen molar-refractivity contribution in [2.75, 3.05) is 32.4 Å². The predicted molar refractivity (Wildman–Crippen MR) is 106 cm³/mol. The van der Waals surface area contributed by atoms with E-state index in [9.17, 15) is 21.6 Å². The van der Waals surface area contributed by atoms with Gasteiger partial charge in [0.15, 0.2) is 5.65 Å². The second kappa shape index (κ2) is 6.96. The molecule has 4 heterocycles. The number of hydrogen-bond acceptors (Lipinski definition) is 6. The van der Waals surface area contributed by atoms with Crippen LogP contribution in [0.4, 0.5) is 4.79 Å². The highest BCUT2D eigenvalue weighted by Gasteiger charge is 2.43. The quantitative estimate of drug-likeness (QED) is 0.738. The standard InChI is InChI=1S/C17H22N4O6S2/c1-28(24,25)21-11-15(14-3-2-6-18-16(14)21)12-4-7-20(8-5-12)29(26,27)13-9-19(10-13)17(22)23/h2-3,6,11-13H,4-5,7-10H2,1H3,(H,22,23). The van der Waals surface area contributed by atoms with Gasteiger partial charge in [0.25, 0.3) is 0 Å². The van der Waals surface area contributed by atoms with Crippen LogP contribution >= 0.6 is 0 Å². The normalized spacial score (nSPS) is 20.1. The molecule has 2 aromatic rings. The monoisotopic (exact) mass is 442 g/mol. The molecule has 12 heteroatoms. The lowest BCUT2D eigenvalue weighted by Gasteiger charge is -2.40. The molecule has 0 saturated carbocycles. The number of rotatable bonds is 4. The number of sulfonamides is 1. The zero-order valence-electron chi connectivity index (χ0n) is 15.8. The van der Waals surface area contributed by atoms with Crippen LogP contribution in [-0.2, 0) is 20.0 Å². The van der Waals surface area contributed by atoms with Gasteiger partial charge in [-0.25, -0.2) is 34.9 Å². The molecule has 2 aliphatic heterocycles. The van der Waals surface area contributed by atoms with E-state index in [0.717, 1.165) is 22.1 Å². The molecule has 158 valence electrons. The highest BCUT2D eigenvalue weighted by atomic mass is 32.2. The maximum Gasteiger partial charge on any atom is 0.407 e. The number of amides is 1. The Balaban J connectivity index is 1.52. The van der Waals surface area contributed by atoms with E-state index in [1.165, 1.54) is 8.28 Å². The Bertz CT molecular complexity index is 1160. The Morgan fingerprint density at radius 2 is 1.83 bits per heavy atom. The largest absolute Gasteiger partial charge is 0.465 e. The summed E-state index contributed by atoms with van der Waals surface area (Å²) in [6.07, 6.45) is 4.28. The summed E-state index contributed by atoms with van der Waals surface area (Å²) in [6.45, 7) is 0.654. The highest BCUT2D eigenvalue weighted by Crippen LogP contribution is 2.35. The predicted octanol–water partition coefficient (Wildman–Crippen LogP) is 0.715. The van der Waals surface area contributed by atoms with Crippen LogP contribution in [-0.4, -0.2) is 83.9 Å². The lowest BCUT2D eigenvalue weighted by Crippen LogP contribution is -2.60. The Hall–Kier alpha value is -2.18. The van der Waals surface area contributed by atoms with Crippen molar-refractivity contribution >= 4 is 37.2 Å². The molecule has 4 rings (SSSR count). The third kappa shape index (κ3) is 3.49. The van der Waals surface area contributed by atoms with Gasteiger partial charge in [-0.05, 0) is 36.5 Å². The van der Waals surface area contributed by atoms with E-state index >= 15 is 0 Å². The molecule has 0 aliphatic carbocycles. The number of carboxylic acid groups (broad SMARTS) is 1. The first kappa shape index (κ1) is 20.1. The fraction of sp³-hybridized carbons (Fsp3) is 0.529. The Morgan fingerprint density at radius 1 is 1.17 bits per heavy atom. The Kier molecular flexibility index (Phi) is 4.82. The van der Waals surface area contributed by atoms with Crippen LogP contribution < -0.4 is 0 Å². The molecule has 2 aliphatic rings. The first-order valence-electron chi connectivity index (χ1n) is 9.22. The first-order chi connectivity index (χ1) is 13.6. The second-order valence-electron chi connectivity index (χ2n) is 7.55. The summed E-state index contributed by atoms with van der Waals surface area (Å²) in [5.74, 6) is 0.0214. The first-order valence-corrected chi connectivity index (χ1v) is 12.6. The lowest BCUT2D eigenvalue weighted by molar-refractivity contribution is 0.118. The van der Waals surface area contributed by atoms with E-state index in [0.29, 0.717) is 31.6 Å². The minimum atomic E-state index is -3.54. The van der Waals surface area contributed by atoms with Gasteiger partial charge in [-0.1, -0.05) is 0 Å². The second-order valence-corrected chi connectivity index (χ2v) is 11.6. The molecule has 0 unspecified atom stereocenters. The van der Waals surface area contributed by atoms with Crippen LogP contribution in [0.1, 0.15) is 24.3 Å². The van der Waals surface area contributed by atoms with Crippen LogP contribution in [0.3, 0.4) is 0 Å². The SMILES string of the molecule is CS(=O)(=O)n1cc(C2CCN(S(=O)(=O)C3CN(C(=O)O)C3)CC2)c2cccnc21. The van der Waals surface area contributed by atoms with Crippen LogP contribution in [0, 0.1) is 0 Å². The van der Waals surface area contributed by atoms with Crippen molar-refractivity contribution < 1.29 is 26.7 Å². The summed E-state index contributed by atoms with van der Waals surface area (Å²) in [5, 5.41) is 8.97. The fourth-order valence-corrected chi connectivity index (χ4v) is 6.69. The van der Waals surface area contributed by atoms with Crippen LogP contribution in [0.15, 0.2) is 24.5 Å². The number of carbonyl (C=O) groups is 1. The molecule has 10 nitrogen and oxygen atoms in total. The third-order valence-corrected chi connectivity index (χ3v) is 8.93. The van der Waals surface area contributed by atoms with Crippen molar-refractivity contribution in [1.29, 1.82) is 0 Å². The van der Waals surface area contributed by atoms with Crippen molar-refractivity contribution in [3.63, 3.8) is 0 Å². The maximum absolute atomic E-state index is 12.7. The van der Waals surface area contributed by atoms with E-state index < -0.39 is 31.4 Å². The Labute approximate surface area is 168 Å². The van der Waals surface area contributed by atoms with Crippen LogP contribution in [0.2, 0.25) is 0 Å². The maximum atomic E-state index is 12.7. The average Bonchev–Trinajstić information content (AvgIpc) is 3.00. The molecule has 2 saturated heterocycles. The molecule has 2 fully saturated rings. The number of piperidine rings is 1. The average molecular weight is 443 g/mol. The van der Waals surface area contributed by atoms with Gasteiger partial charge in [0.2, 0.25) is 20.0 Å². The van der Waals surface area contributed by atoms with Gasteiger partial charge >= 0.3 is 6.09 Å². The van der Waals surface area contributed by atoms with E-state index in [4.69, 9.17) is 5.11 Å². The van der Waals surface area contributed by atoms with Crippen molar-refractivity contribution in [1.82, 2.24) is 18.2 Å². The Morgan fingerprint density at radius 3 is 2.41 bits per heavy atom. The molecule has 0 aromatic carbocycles. The zero-order chi connectivity index (χ0) is 21.0. The highest BCUT2D eigenvalue weighted by molar-refractivity contribution is 7.90. The van der Waals surface area contributed by atoms with Gasteiger partial charge in [-0.2, -0.15) is 0 Å². The zero-order valence-corrected chi connectivity index (χ0v) is 17.4. The van der Waals surface area contributed by atoms with Crippen molar-refractivity contribution in [3.8, 4) is 0 Å². The number of pyridine rings is 1. The summed E-state index contributed by atoms with van der Waals surface area (Å²) in [4.78, 5) is 16.2. The van der Waals surface area contributed by atoms with Crippen molar-refractivity contribution in [2.45, 2.75) is 24.0 Å². The molecule has 29 heavy (non-hydrogen) atoms. The van der Waals surface area contributed by atoms with Crippen LogP contribution in [0.25, 0.3) is 11.0 Å². The smallest absolute Gasteiger partial charge is 0.407 e. The van der Waals surface area contributed by atoms with Gasteiger partial charge < -0.3 is 10.0 Å². The van der Waals surface area contributed by atoms with E-state index in [1.807, 2.05) is 6.07 Å². The fourth-order valence-electron chi connectivity index (χ4n) is 4.05. The van der Waals surface area contributed by atoms with Crippen molar-refractivity contribution in [3.05, 3.63) is 30.1 Å². The minimum Gasteiger partial charge on any atom is -0.465 e. The molecular formula is C17H22N4O6S2. The summed E-state index contributed by atoms with van der Waals surface area (Å²) in [5.41, 5.74) is 1.24. The van der Waals surface area contributed by atoms with Gasteiger partial charge in [0.05, 0.1) is 6.26 Å². The lowest BCUT2D eigenvalue weighted by atomic mass is 9.90. The molecule has 2 aromatic heterocycles. The molecule has 0 radical (unpaired) electrons. The number of fused-ring (bicyclic) bond motifs is 1. The minimum absolute atomic E-state index is 0.00507. The molecule has 1 amide bonds. The molecule has 0 bridgehead atoms. The molecular weight excluding hydrogens is 420 g/mol.